The molecule has 86 valence electrons. The van der Waals surface area contributed by atoms with Crippen LogP contribution in [0.25, 0.3) is 0 Å². The largest absolute Gasteiger partial charge is 0.396 e. The lowest BCUT2D eigenvalue weighted by atomic mass is 9.95. The van der Waals surface area contributed by atoms with Crippen molar-refractivity contribution in [2.75, 3.05) is 6.61 Å². The van der Waals surface area contributed by atoms with Crippen LogP contribution in [-0.4, -0.2) is 23.7 Å². The minimum Gasteiger partial charge on any atom is -0.396 e. The summed E-state index contributed by atoms with van der Waals surface area (Å²) in [6.07, 6.45) is 9.29. The Bertz CT molecular complexity index is 340. The van der Waals surface area contributed by atoms with Crippen molar-refractivity contribution < 1.29 is 19.4 Å². The maximum Gasteiger partial charge on any atom is 0.338 e. The second-order valence-electron chi connectivity index (χ2n) is 4.30. The van der Waals surface area contributed by atoms with Crippen molar-refractivity contribution in [1.29, 1.82) is 0 Å². The van der Waals surface area contributed by atoms with Crippen LogP contribution in [0.3, 0.4) is 0 Å². The van der Waals surface area contributed by atoms with Gasteiger partial charge in [-0.15, -0.1) is 0 Å². The van der Waals surface area contributed by atoms with E-state index in [1.54, 1.807) is 0 Å². The summed E-state index contributed by atoms with van der Waals surface area (Å²) in [6, 6.07) is 0. The molecule has 1 heterocycles. The summed E-state index contributed by atoms with van der Waals surface area (Å²) in [6.45, 7) is 0.394. The van der Waals surface area contributed by atoms with Gasteiger partial charge in [0.05, 0.1) is 0 Å². The van der Waals surface area contributed by atoms with Gasteiger partial charge < -0.3 is 9.84 Å². The van der Waals surface area contributed by atoms with Crippen molar-refractivity contribution in [2.24, 2.45) is 17.8 Å². The molecule has 1 aliphatic heterocycles. The van der Waals surface area contributed by atoms with E-state index in [4.69, 9.17) is 5.11 Å². The Morgan fingerprint density at radius 2 is 1.88 bits per heavy atom. The van der Waals surface area contributed by atoms with Gasteiger partial charge in [0.2, 0.25) is 0 Å². The average Bonchev–Trinajstić information content (AvgIpc) is 2.95. The average molecular weight is 222 g/mol. The van der Waals surface area contributed by atoms with Gasteiger partial charge >= 0.3 is 11.9 Å². The summed E-state index contributed by atoms with van der Waals surface area (Å²) in [7, 11) is 0. The number of rotatable bonds is 1. The minimum atomic E-state index is -0.579. The van der Waals surface area contributed by atoms with Gasteiger partial charge in [-0.25, -0.2) is 9.59 Å². The Kier molecular flexibility index (Phi) is 3.19. The van der Waals surface area contributed by atoms with Crippen molar-refractivity contribution in [2.45, 2.75) is 12.8 Å². The maximum absolute atomic E-state index is 9.92. The van der Waals surface area contributed by atoms with E-state index in [1.807, 2.05) is 0 Å². The number of aliphatic hydroxyl groups is 1. The summed E-state index contributed by atoms with van der Waals surface area (Å²) >= 11 is 0. The van der Waals surface area contributed by atoms with Crippen LogP contribution in [0.4, 0.5) is 0 Å². The van der Waals surface area contributed by atoms with Crippen LogP contribution < -0.4 is 0 Å². The molecule has 3 rings (SSSR count). The van der Waals surface area contributed by atoms with Crippen molar-refractivity contribution >= 4 is 11.9 Å². The van der Waals surface area contributed by atoms with E-state index in [0.717, 1.165) is 24.0 Å². The highest BCUT2D eigenvalue weighted by atomic mass is 16.6. The lowest BCUT2D eigenvalue weighted by Crippen LogP contribution is -2.10. The number of ether oxygens (including phenoxy) is 1. The van der Waals surface area contributed by atoms with Gasteiger partial charge in [0, 0.05) is 18.8 Å². The predicted octanol–water partition coefficient (Wildman–Crippen LogP) is 0.817. The van der Waals surface area contributed by atoms with Gasteiger partial charge in [-0.1, -0.05) is 12.2 Å². The topological polar surface area (TPSA) is 63.6 Å². The number of carbonyl (C=O) groups excluding carboxylic acids is 2. The minimum absolute atomic E-state index is 0.394. The van der Waals surface area contributed by atoms with Crippen molar-refractivity contribution in [3.05, 3.63) is 24.3 Å². The van der Waals surface area contributed by atoms with Crippen LogP contribution in [0.15, 0.2) is 24.3 Å². The van der Waals surface area contributed by atoms with Crippen LogP contribution in [-0.2, 0) is 14.3 Å². The summed E-state index contributed by atoms with van der Waals surface area (Å²) in [5, 5.41) is 8.85. The number of hydrogen-bond donors (Lipinski definition) is 1. The molecule has 0 radical (unpaired) electrons. The standard InChI is InChI=1S/C8H12O.C4H2O3/c9-5-8-4-6-1-2-7(8)3-6;5-3-1-2-4(6)7-3/h1-2,6-9H,3-5H2;1-2H. The van der Waals surface area contributed by atoms with Crippen molar-refractivity contribution in [3.8, 4) is 0 Å². The molecule has 1 N–H and O–H groups in total. The van der Waals surface area contributed by atoms with E-state index in [9.17, 15) is 9.59 Å². The molecule has 0 aromatic heterocycles. The van der Waals surface area contributed by atoms with Gasteiger partial charge in [-0.2, -0.15) is 0 Å². The number of fused-ring (bicyclic) bond motifs is 2. The van der Waals surface area contributed by atoms with Crippen LogP contribution >= 0.6 is 0 Å². The van der Waals surface area contributed by atoms with Gasteiger partial charge in [0.15, 0.2) is 0 Å². The molecular weight excluding hydrogens is 208 g/mol. The number of aliphatic hydroxyl groups excluding tert-OH is 1. The zero-order valence-electron chi connectivity index (χ0n) is 8.83. The number of cyclic esters (lactones) is 2. The molecule has 3 atom stereocenters. The van der Waals surface area contributed by atoms with E-state index in [2.05, 4.69) is 16.9 Å². The lowest BCUT2D eigenvalue weighted by Gasteiger charge is -2.13. The molecule has 4 nitrogen and oxygen atoms in total. The Labute approximate surface area is 93.6 Å². The Hall–Kier alpha value is -1.42. The van der Waals surface area contributed by atoms with E-state index in [1.165, 1.54) is 12.8 Å². The zero-order chi connectivity index (χ0) is 11.5. The smallest absolute Gasteiger partial charge is 0.338 e. The highest BCUT2D eigenvalue weighted by molar-refractivity contribution is 6.04. The third-order valence-corrected chi connectivity index (χ3v) is 3.21. The van der Waals surface area contributed by atoms with Crippen molar-refractivity contribution in [1.82, 2.24) is 0 Å². The third-order valence-electron chi connectivity index (χ3n) is 3.21. The molecule has 0 aromatic rings. The van der Waals surface area contributed by atoms with Crippen LogP contribution in [0, 0.1) is 17.8 Å². The Morgan fingerprint density at radius 3 is 2.12 bits per heavy atom. The Balaban J connectivity index is 0.000000125. The van der Waals surface area contributed by atoms with E-state index in [-0.39, 0.29) is 0 Å². The molecular formula is C12H14O4. The number of esters is 2. The summed E-state index contributed by atoms with van der Waals surface area (Å²) in [4.78, 5) is 19.8. The summed E-state index contributed by atoms with van der Waals surface area (Å²) < 4.78 is 3.97. The number of hydrogen-bond acceptors (Lipinski definition) is 4. The molecule has 0 spiro atoms. The fourth-order valence-electron chi connectivity index (χ4n) is 2.41. The molecule has 0 saturated heterocycles. The molecule has 16 heavy (non-hydrogen) atoms. The maximum atomic E-state index is 9.92. The van der Waals surface area contributed by atoms with E-state index >= 15 is 0 Å². The SMILES string of the molecule is O=C1C=CC(=O)O1.OCC1CC2C=CC1C2. The van der Waals surface area contributed by atoms with Crippen LogP contribution in [0.2, 0.25) is 0 Å². The molecule has 0 amide bonds. The fourth-order valence-corrected chi connectivity index (χ4v) is 2.41. The van der Waals surface area contributed by atoms with Crippen molar-refractivity contribution in [3.63, 3.8) is 0 Å². The molecule has 0 aromatic carbocycles. The first-order chi connectivity index (χ1) is 7.69. The molecule has 2 aliphatic carbocycles. The fraction of sp³-hybridized carbons (Fsp3) is 0.500. The van der Waals surface area contributed by atoms with Gasteiger partial charge in [0.1, 0.15) is 0 Å². The second-order valence-corrected chi connectivity index (χ2v) is 4.30. The molecule has 4 heteroatoms. The van der Waals surface area contributed by atoms with Crippen LogP contribution in [0.1, 0.15) is 12.8 Å². The van der Waals surface area contributed by atoms with Gasteiger partial charge in [-0.3, -0.25) is 0 Å². The third kappa shape index (κ3) is 2.39. The van der Waals surface area contributed by atoms with E-state index in [0.29, 0.717) is 12.5 Å². The highest BCUT2D eigenvalue weighted by Gasteiger charge is 2.34. The first-order valence-corrected chi connectivity index (χ1v) is 5.42. The molecule has 2 bridgehead atoms. The first-order valence-electron chi connectivity index (χ1n) is 5.42. The number of carbonyl (C=O) groups is 2. The Morgan fingerprint density at radius 1 is 1.19 bits per heavy atom. The van der Waals surface area contributed by atoms with Crippen LogP contribution in [0.5, 0.6) is 0 Å². The number of allylic oxidation sites excluding steroid dienone is 2. The van der Waals surface area contributed by atoms with Gasteiger partial charge in [0.25, 0.3) is 0 Å². The van der Waals surface area contributed by atoms with E-state index < -0.39 is 11.9 Å². The quantitative estimate of drug-likeness (QED) is 0.405. The normalized spacial score (nSPS) is 33.9. The summed E-state index contributed by atoms with van der Waals surface area (Å²) in [5.74, 6) is 0.974. The monoisotopic (exact) mass is 222 g/mol. The molecule has 1 fully saturated rings. The molecule has 3 unspecified atom stereocenters. The predicted molar refractivity (Wildman–Crippen MR) is 56.2 cm³/mol. The molecule has 1 saturated carbocycles. The molecule has 3 aliphatic rings. The zero-order valence-corrected chi connectivity index (χ0v) is 8.83. The summed E-state index contributed by atoms with van der Waals surface area (Å²) in [5.41, 5.74) is 0. The second kappa shape index (κ2) is 4.61. The highest BCUT2D eigenvalue weighted by Crippen LogP contribution is 2.42. The first kappa shape index (κ1) is 11.1. The lowest BCUT2D eigenvalue weighted by molar-refractivity contribution is -0.150. The van der Waals surface area contributed by atoms with Gasteiger partial charge in [-0.05, 0) is 30.6 Å².